The molecule has 1 saturated carbocycles. The van der Waals surface area contributed by atoms with Crippen LogP contribution >= 0.6 is 0 Å². The van der Waals surface area contributed by atoms with Gasteiger partial charge in [-0.25, -0.2) is 4.79 Å². The minimum absolute atomic E-state index is 0.0238. The van der Waals surface area contributed by atoms with Gasteiger partial charge in [-0.05, 0) is 97.8 Å². The Morgan fingerprint density at radius 3 is 2.38 bits per heavy atom. The molecule has 3 atom stereocenters. The molecule has 280 valence electrons. The first-order valence-electron chi connectivity index (χ1n) is 18.5. The molecule has 1 aromatic rings. The van der Waals surface area contributed by atoms with E-state index in [1.807, 2.05) is 32.0 Å². The highest BCUT2D eigenvalue weighted by atomic mass is 16.6. The summed E-state index contributed by atoms with van der Waals surface area (Å²) in [5.74, 6) is -0.895. The molecule has 0 unspecified atom stereocenters. The van der Waals surface area contributed by atoms with Crippen LogP contribution in [0.25, 0.3) is 0 Å². The summed E-state index contributed by atoms with van der Waals surface area (Å²) >= 11 is 0. The fourth-order valence-electron chi connectivity index (χ4n) is 6.64. The molecule has 3 aliphatic rings. The highest BCUT2D eigenvalue weighted by Crippen LogP contribution is 2.43. The maximum absolute atomic E-state index is 14.6. The van der Waals surface area contributed by atoms with Gasteiger partial charge in [0.15, 0.2) is 5.60 Å². The second kappa shape index (κ2) is 16.8. The van der Waals surface area contributed by atoms with Crippen molar-refractivity contribution in [1.82, 2.24) is 10.2 Å². The number of carbonyl (C=O) groups excluding carboxylic acids is 4. The maximum atomic E-state index is 14.6. The van der Waals surface area contributed by atoms with Crippen LogP contribution in [-0.2, 0) is 28.6 Å². The molecule has 4 amide bonds. The van der Waals surface area contributed by atoms with Crippen molar-refractivity contribution in [2.24, 2.45) is 17.8 Å². The third-order valence-corrected chi connectivity index (χ3v) is 9.04. The molecule has 0 radical (unpaired) electrons. The second-order valence-electron chi connectivity index (χ2n) is 15.8. The average molecular weight is 701 g/mol. The zero-order valence-corrected chi connectivity index (χ0v) is 31.7. The van der Waals surface area contributed by atoms with Crippen LogP contribution in [0.5, 0.6) is 5.75 Å². The molecule has 1 N–H and O–H groups in total. The van der Waals surface area contributed by atoms with Crippen molar-refractivity contribution in [2.45, 2.75) is 118 Å². The zero-order chi connectivity index (χ0) is 36.8. The number of piperidine rings is 1. The van der Waals surface area contributed by atoms with Gasteiger partial charge in [0.25, 0.3) is 5.91 Å². The highest BCUT2D eigenvalue weighted by molar-refractivity contribution is 6.04. The number of nitrogens with zero attached hydrogens (tertiary/aromatic N) is 3. The van der Waals surface area contributed by atoms with Gasteiger partial charge in [0, 0.05) is 44.6 Å². The van der Waals surface area contributed by atoms with E-state index < -0.39 is 29.1 Å². The zero-order valence-electron chi connectivity index (χ0n) is 31.7. The first kappa shape index (κ1) is 39.4. The molecule has 2 aliphatic heterocycles. The number of anilines is 2. The van der Waals surface area contributed by atoms with E-state index >= 15 is 0 Å². The number of rotatable bonds is 15. The number of likely N-dealkylation sites (tertiary alicyclic amines) is 1. The lowest BCUT2D eigenvalue weighted by atomic mass is 9.87. The monoisotopic (exact) mass is 700 g/mol. The van der Waals surface area contributed by atoms with E-state index in [9.17, 15) is 19.2 Å². The summed E-state index contributed by atoms with van der Waals surface area (Å²) in [6, 6.07) is 5.32. The molecular weight excluding hydrogens is 640 g/mol. The standard InChI is InChI=1S/C38H60N4O8/c1-10-17-48-18-16-41-31-21-30(14-15-32(31)49-38(8,9)35(41)45)42(29-12-13-29)34(44)27-20-26(22-40(23-27)36(46)50-37(5,6)7)33(43)39-28(19-25(3)4)24-47-11-2/h14-15,21,25-29H,10-13,16-20,22-24H2,1-9H3,(H,39,43)/t26-,27+,28+/m0/s1. The van der Waals surface area contributed by atoms with E-state index in [4.69, 9.17) is 18.9 Å². The molecule has 2 fully saturated rings. The Labute approximate surface area is 298 Å². The van der Waals surface area contributed by atoms with Crippen LogP contribution in [0.1, 0.15) is 94.4 Å². The molecule has 1 aliphatic carbocycles. The number of benzene rings is 1. The summed E-state index contributed by atoms with van der Waals surface area (Å²) in [5, 5.41) is 3.16. The van der Waals surface area contributed by atoms with Crippen LogP contribution in [0.4, 0.5) is 16.2 Å². The van der Waals surface area contributed by atoms with Gasteiger partial charge in [0.1, 0.15) is 11.4 Å². The van der Waals surface area contributed by atoms with E-state index in [2.05, 4.69) is 19.2 Å². The number of fused-ring (bicyclic) bond motifs is 1. The van der Waals surface area contributed by atoms with Crippen LogP contribution in [0.15, 0.2) is 18.2 Å². The van der Waals surface area contributed by atoms with E-state index in [0.717, 1.165) is 25.7 Å². The number of carbonyl (C=O) groups is 4. The fourth-order valence-corrected chi connectivity index (χ4v) is 6.64. The van der Waals surface area contributed by atoms with Crippen LogP contribution in [-0.4, -0.2) is 98.1 Å². The number of hydrogen-bond donors (Lipinski definition) is 1. The molecule has 12 nitrogen and oxygen atoms in total. The van der Waals surface area contributed by atoms with Crippen LogP contribution < -0.4 is 19.9 Å². The van der Waals surface area contributed by atoms with Crippen molar-refractivity contribution in [3.63, 3.8) is 0 Å². The number of hydrogen-bond acceptors (Lipinski definition) is 8. The van der Waals surface area contributed by atoms with Crippen LogP contribution in [0.2, 0.25) is 0 Å². The lowest BCUT2D eigenvalue weighted by Crippen LogP contribution is -2.55. The Morgan fingerprint density at radius 1 is 1.06 bits per heavy atom. The SMILES string of the molecule is CCCOCCN1C(=O)C(C)(C)Oc2ccc(N(C(=O)[C@@H]3C[C@H](C(=O)N[C@@H](COCC)CC(C)C)CN(C(=O)OC(C)(C)C)C3)C3CC3)cc21. The Balaban J connectivity index is 1.63. The summed E-state index contributed by atoms with van der Waals surface area (Å²) in [7, 11) is 0. The van der Waals surface area contributed by atoms with E-state index in [1.54, 1.807) is 44.4 Å². The lowest BCUT2D eigenvalue weighted by molar-refractivity contribution is -0.133. The van der Waals surface area contributed by atoms with Gasteiger partial charge in [-0.1, -0.05) is 20.8 Å². The van der Waals surface area contributed by atoms with Crippen molar-refractivity contribution in [3.8, 4) is 5.75 Å². The molecule has 0 spiro atoms. The molecule has 0 aromatic heterocycles. The fraction of sp³-hybridized carbons (Fsp3) is 0.737. The van der Waals surface area contributed by atoms with Crippen molar-refractivity contribution < 1.29 is 38.1 Å². The Kier molecular flexibility index (Phi) is 13.2. The summed E-state index contributed by atoms with van der Waals surface area (Å²) < 4.78 is 23.3. The molecule has 1 saturated heterocycles. The van der Waals surface area contributed by atoms with Crippen molar-refractivity contribution in [1.29, 1.82) is 0 Å². The molecule has 2 heterocycles. The predicted molar refractivity (Wildman–Crippen MR) is 192 cm³/mol. The largest absolute Gasteiger partial charge is 0.476 e. The molecule has 0 bridgehead atoms. The topological polar surface area (TPSA) is 127 Å². The minimum atomic E-state index is -1.05. The normalized spacial score (nSPS) is 21.0. The molecule has 50 heavy (non-hydrogen) atoms. The predicted octanol–water partition coefficient (Wildman–Crippen LogP) is 5.55. The Morgan fingerprint density at radius 2 is 1.76 bits per heavy atom. The van der Waals surface area contributed by atoms with Gasteiger partial charge in [-0.15, -0.1) is 0 Å². The Bertz CT molecular complexity index is 1350. The van der Waals surface area contributed by atoms with E-state index in [0.29, 0.717) is 56.0 Å². The average Bonchev–Trinajstić information content (AvgIpc) is 3.87. The maximum Gasteiger partial charge on any atom is 0.410 e. The third kappa shape index (κ3) is 10.3. The molecular formula is C38H60N4O8. The van der Waals surface area contributed by atoms with Gasteiger partial charge >= 0.3 is 6.09 Å². The number of ether oxygens (including phenoxy) is 4. The Hall–Kier alpha value is -3.38. The summed E-state index contributed by atoms with van der Waals surface area (Å²) in [6.45, 7) is 19.6. The van der Waals surface area contributed by atoms with E-state index in [1.165, 1.54) is 4.90 Å². The summed E-state index contributed by atoms with van der Waals surface area (Å²) in [5.41, 5.74) is -0.551. The lowest BCUT2D eigenvalue weighted by Gasteiger charge is -2.40. The molecule has 1 aromatic carbocycles. The highest BCUT2D eigenvalue weighted by Gasteiger charge is 2.45. The van der Waals surface area contributed by atoms with Gasteiger partial charge in [0.2, 0.25) is 11.8 Å². The van der Waals surface area contributed by atoms with E-state index in [-0.39, 0.29) is 49.3 Å². The summed E-state index contributed by atoms with van der Waals surface area (Å²) in [4.78, 5) is 60.4. The van der Waals surface area contributed by atoms with Crippen LogP contribution in [0.3, 0.4) is 0 Å². The molecule has 12 heteroatoms. The smallest absolute Gasteiger partial charge is 0.410 e. The second-order valence-corrected chi connectivity index (χ2v) is 15.8. The van der Waals surface area contributed by atoms with Gasteiger partial charge in [0.05, 0.1) is 36.8 Å². The number of nitrogens with one attached hydrogen (secondary N) is 1. The van der Waals surface area contributed by atoms with Gasteiger partial charge in [-0.3, -0.25) is 14.4 Å². The van der Waals surface area contributed by atoms with Crippen molar-refractivity contribution in [3.05, 3.63) is 18.2 Å². The first-order valence-corrected chi connectivity index (χ1v) is 18.5. The molecule has 4 rings (SSSR count). The van der Waals surface area contributed by atoms with Crippen molar-refractivity contribution in [2.75, 3.05) is 55.9 Å². The van der Waals surface area contributed by atoms with Gasteiger partial charge < -0.3 is 39.0 Å². The summed E-state index contributed by atoms with van der Waals surface area (Å²) in [6.07, 6.45) is 3.03. The number of amides is 4. The van der Waals surface area contributed by atoms with Crippen LogP contribution in [0, 0.1) is 17.8 Å². The first-order chi connectivity index (χ1) is 23.5. The van der Waals surface area contributed by atoms with Crippen molar-refractivity contribution >= 4 is 35.2 Å². The quantitative estimate of drug-likeness (QED) is 0.236. The van der Waals surface area contributed by atoms with Gasteiger partial charge in [-0.2, -0.15) is 0 Å². The third-order valence-electron chi connectivity index (χ3n) is 9.04. The minimum Gasteiger partial charge on any atom is -0.476 e.